The maximum absolute atomic E-state index is 12.2. The zero-order valence-corrected chi connectivity index (χ0v) is 14.7. The molecule has 2 unspecified atom stereocenters. The van der Waals surface area contributed by atoms with E-state index in [4.69, 9.17) is 0 Å². The first-order chi connectivity index (χ1) is 12.2. The zero-order chi connectivity index (χ0) is 19.3. The van der Waals surface area contributed by atoms with Crippen LogP contribution in [0.4, 0.5) is 13.2 Å². The van der Waals surface area contributed by atoms with E-state index in [-0.39, 0.29) is 23.7 Å². The number of aromatic nitrogens is 1. The molecular weight excluding hydrogens is 349 g/mol. The molecule has 1 aromatic rings. The standard InChI is InChI=1S/C17H21F3N4O2/c1-11(2)15(25)23-16-21-7-4-8-24(16)12(3)13-5-6-14(22-9-13)26-10-17(18,19)20/h4-9,11-12,16H,10H2,1-3H3,(H,23,25). The molecule has 0 aromatic carbocycles. The van der Waals surface area contributed by atoms with Gasteiger partial charge in [-0.25, -0.2) is 9.98 Å². The van der Waals surface area contributed by atoms with Gasteiger partial charge in [0.15, 0.2) is 12.9 Å². The Hall–Kier alpha value is -2.58. The van der Waals surface area contributed by atoms with Crippen molar-refractivity contribution in [3.8, 4) is 5.88 Å². The van der Waals surface area contributed by atoms with E-state index in [0.717, 1.165) is 5.56 Å². The molecule has 2 heterocycles. The second kappa shape index (κ2) is 8.20. The average Bonchev–Trinajstić information content (AvgIpc) is 2.59. The van der Waals surface area contributed by atoms with Gasteiger partial charge < -0.3 is 15.0 Å². The van der Waals surface area contributed by atoms with Gasteiger partial charge in [-0.2, -0.15) is 13.2 Å². The first-order valence-corrected chi connectivity index (χ1v) is 8.10. The van der Waals surface area contributed by atoms with Crippen LogP contribution in [0.2, 0.25) is 0 Å². The number of ether oxygens (including phenoxy) is 1. The molecule has 142 valence electrons. The Morgan fingerprint density at radius 2 is 2.08 bits per heavy atom. The van der Waals surface area contributed by atoms with Crippen molar-refractivity contribution in [2.45, 2.75) is 39.3 Å². The molecule has 9 heteroatoms. The molecule has 1 aromatic heterocycles. The summed E-state index contributed by atoms with van der Waals surface area (Å²) in [5.74, 6) is -0.413. The fraction of sp³-hybridized carbons (Fsp3) is 0.471. The minimum absolute atomic E-state index is 0.102. The predicted octanol–water partition coefficient (Wildman–Crippen LogP) is 3.04. The Labute approximate surface area is 149 Å². The van der Waals surface area contributed by atoms with Gasteiger partial charge in [-0.1, -0.05) is 19.9 Å². The first kappa shape index (κ1) is 19.7. The molecule has 0 bridgehead atoms. The number of allylic oxidation sites excluding steroid dienone is 1. The van der Waals surface area contributed by atoms with Crippen LogP contribution in [0.15, 0.2) is 35.6 Å². The van der Waals surface area contributed by atoms with Gasteiger partial charge in [-0.15, -0.1) is 0 Å². The van der Waals surface area contributed by atoms with E-state index in [2.05, 4.69) is 20.0 Å². The normalized spacial score (nSPS) is 18.1. The molecule has 1 aliphatic heterocycles. The van der Waals surface area contributed by atoms with Crippen LogP contribution in [0.3, 0.4) is 0 Å². The molecule has 0 aliphatic carbocycles. The SMILES string of the molecule is CC(C)C(=O)NC1N=CC=CN1C(C)c1ccc(OCC(F)(F)F)nc1. The van der Waals surface area contributed by atoms with Gasteiger partial charge in [0.05, 0.1) is 6.04 Å². The predicted molar refractivity (Wildman–Crippen MR) is 90.4 cm³/mol. The topological polar surface area (TPSA) is 66.8 Å². The number of pyridine rings is 1. The van der Waals surface area contributed by atoms with Crippen molar-refractivity contribution >= 4 is 12.1 Å². The Morgan fingerprint density at radius 3 is 2.65 bits per heavy atom. The number of rotatable bonds is 6. The fourth-order valence-electron chi connectivity index (χ4n) is 2.23. The van der Waals surface area contributed by atoms with Crippen LogP contribution in [0, 0.1) is 5.92 Å². The lowest BCUT2D eigenvalue weighted by atomic mass is 10.1. The largest absolute Gasteiger partial charge is 0.468 e. The third kappa shape index (κ3) is 5.47. The number of nitrogens with zero attached hydrogens (tertiary/aromatic N) is 3. The van der Waals surface area contributed by atoms with Gasteiger partial charge in [-0.3, -0.25) is 4.79 Å². The van der Waals surface area contributed by atoms with E-state index in [1.165, 1.54) is 12.3 Å². The van der Waals surface area contributed by atoms with Crippen molar-refractivity contribution in [1.82, 2.24) is 15.2 Å². The highest BCUT2D eigenvalue weighted by Crippen LogP contribution is 2.25. The van der Waals surface area contributed by atoms with Crippen molar-refractivity contribution in [2.75, 3.05) is 6.61 Å². The molecule has 1 amide bonds. The van der Waals surface area contributed by atoms with Crippen LogP contribution in [0.25, 0.3) is 0 Å². The summed E-state index contributed by atoms with van der Waals surface area (Å²) in [7, 11) is 0. The number of amides is 1. The Kier molecular flexibility index (Phi) is 6.23. The molecule has 0 radical (unpaired) electrons. The highest BCUT2D eigenvalue weighted by Gasteiger charge is 2.29. The number of hydrogen-bond acceptors (Lipinski definition) is 5. The van der Waals surface area contributed by atoms with Crippen molar-refractivity contribution in [3.63, 3.8) is 0 Å². The molecule has 26 heavy (non-hydrogen) atoms. The number of nitrogens with one attached hydrogen (secondary N) is 1. The van der Waals surface area contributed by atoms with E-state index < -0.39 is 19.1 Å². The van der Waals surface area contributed by atoms with Gasteiger partial charge in [0.25, 0.3) is 0 Å². The van der Waals surface area contributed by atoms with Gasteiger partial charge in [-0.05, 0) is 18.6 Å². The first-order valence-electron chi connectivity index (χ1n) is 8.10. The van der Waals surface area contributed by atoms with Crippen LogP contribution >= 0.6 is 0 Å². The molecule has 1 N–H and O–H groups in total. The lowest BCUT2D eigenvalue weighted by molar-refractivity contribution is -0.154. The quantitative estimate of drug-likeness (QED) is 0.836. The second-order valence-corrected chi connectivity index (χ2v) is 6.13. The summed E-state index contributed by atoms with van der Waals surface area (Å²) in [5.41, 5.74) is 0.745. The smallest absolute Gasteiger partial charge is 0.422 e. The average molecular weight is 370 g/mol. The minimum atomic E-state index is -4.41. The Balaban J connectivity index is 2.06. The van der Waals surface area contributed by atoms with Crippen molar-refractivity contribution in [3.05, 3.63) is 36.2 Å². The maximum atomic E-state index is 12.2. The Bertz CT molecular complexity index is 672. The van der Waals surface area contributed by atoms with Crippen molar-refractivity contribution in [1.29, 1.82) is 0 Å². The van der Waals surface area contributed by atoms with E-state index in [0.29, 0.717) is 0 Å². The maximum Gasteiger partial charge on any atom is 0.422 e. The lowest BCUT2D eigenvalue weighted by Crippen LogP contribution is -2.47. The van der Waals surface area contributed by atoms with Crippen LogP contribution in [0.1, 0.15) is 32.4 Å². The van der Waals surface area contributed by atoms with Crippen LogP contribution in [-0.4, -0.2) is 41.1 Å². The highest BCUT2D eigenvalue weighted by molar-refractivity contribution is 5.79. The number of carbonyl (C=O) groups excluding carboxylic acids is 1. The third-order valence-corrected chi connectivity index (χ3v) is 3.72. The number of carbonyl (C=O) groups is 1. The van der Waals surface area contributed by atoms with Gasteiger partial charge >= 0.3 is 6.18 Å². The molecule has 2 atom stereocenters. The summed E-state index contributed by atoms with van der Waals surface area (Å²) in [6.07, 6.45) is 1.60. The molecule has 0 saturated heterocycles. The zero-order valence-electron chi connectivity index (χ0n) is 14.7. The van der Waals surface area contributed by atoms with Gasteiger partial charge in [0, 0.05) is 30.6 Å². The van der Waals surface area contributed by atoms with Crippen molar-refractivity contribution < 1.29 is 22.7 Å². The summed E-state index contributed by atoms with van der Waals surface area (Å²) in [6.45, 7) is 4.07. The molecule has 0 spiro atoms. The van der Waals surface area contributed by atoms with Gasteiger partial charge in [0.2, 0.25) is 11.8 Å². The number of hydrogen-bond donors (Lipinski definition) is 1. The molecular formula is C17H21F3N4O2. The van der Waals surface area contributed by atoms with E-state index in [9.17, 15) is 18.0 Å². The summed E-state index contributed by atoms with van der Waals surface area (Å²) >= 11 is 0. The van der Waals surface area contributed by atoms with Gasteiger partial charge in [0.1, 0.15) is 0 Å². The summed E-state index contributed by atoms with van der Waals surface area (Å²) in [5, 5.41) is 2.84. The number of aliphatic imine (C=N–C) groups is 1. The Morgan fingerprint density at radius 1 is 1.35 bits per heavy atom. The second-order valence-electron chi connectivity index (χ2n) is 6.13. The molecule has 6 nitrogen and oxygen atoms in total. The number of alkyl halides is 3. The molecule has 2 rings (SSSR count). The molecule has 0 fully saturated rings. The molecule has 1 aliphatic rings. The summed E-state index contributed by atoms with van der Waals surface area (Å²) in [4.78, 5) is 22.0. The van der Waals surface area contributed by atoms with Crippen molar-refractivity contribution in [2.24, 2.45) is 10.9 Å². The van der Waals surface area contributed by atoms with E-state index in [1.54, 1.807) is 38.4 Å². The molecule has 0 saturated carbocycles. The lowest BCUT2D eigenvalue weighted by Gasteiger charge is -2.35. The minimum Gasteiger partial charge on any atom is -0.468 e. The van der Waals surface area contributed by atoms with Crippen LogP contribution < -0.4 is 10.1 Å². The highest BCUT2D eigenvalue weighted by atomic mass is 19.4. The van der Waals surface area contributed by atoms with E-state index in [1.807, 2.05) is 11.8 Å². The summed E-state index contributed by atoms with van der Waals surface area (Å²) in [6, 6.07) is 2.80. The van der Waals surface area contributed by atoms with Crippen LogP contribution in [-0.2, 0) is 4.79 Å². The van der Waals surface area contributed by atoms with Crippen LogP contribution in [0.5, 0.6) is 5.88 Å². The number of halogens is 3. The summed E-state index contributed by atoms with van der Waals surface area (Å²) < 4.78 is 41.1. The van der Waals surface area contributed by atoms with E-state index >= 15 is 0 Å². The third-order valence-electron chi connectivity index (χ3n) is 3.72. The monoisotopic (exact) mass is 370 g/mol. The fourth-order valence-corrected chi connectivity index (χ4v) is 2.23.